The molecule has 0 aromatic heterocycles. The van der Waals surface area contributed by atoms with Crippen LogP contribution in [-0.4, -0.2) is 16.3 Å². The van der Waals surface area contributed by atoms with Crippen molar-refractivity contribution in [3.8, 4) is 6.07 Å². The molecule has 4 nitrogen and oxygen atoms in total. The quantitative estimate of drug-likeness (QED) is 0.469. The number of rotatable bonds is 2. The van der Waals surface area contributed by atoms with E-state index in [-0.39, 0.29) is 11.3 Å². The minimum absolute atomic E-state index is 0.0130. The maximum Gasteiger partial charge on any atom is 0.170 e. The monoisotopic (exact) mass is 196 g/mol. The molecule has 1 aromatic carbocycles. The number of nitriles is 1. The van der Waals surface area contributed by atoms with Crippen LogP contribution in [-0.2, 0) is 0 Å². The Labute approximate surface area is 80.0 Å². The zero-order valence-electron chi connectivity index (χ0n) is 7.18. The number of nitrogens with two attached hydrogens (primary N) is 1. The van der Waals surface area contributed by atoms with Crippen LogP contribution >= 0.6 is 0 Å². The van der Waals surface area contributed by atoms with E-state index in [1.165, 1.54) is 18.2 Å². The fourth-order valence-corrected chi connectivity index (χ4v) is 1.05. The molecule has 0 fully saturated rings. The topological polar surface area (TPSA) is 90.3 Å². The maximum atomic E-state index is 12.9. The number of benzene rings is 1. The summed E-state index contributed by atoms with van der Waals surface area (Å²) in [6.07, 6.45) is -3.10. The molecule has 1 rings (SSSR count). The number of para-hydroxylation sites is 1. The summed E-state index contributed by atoms with van der Waals surface area (Å²) >= 11 is 0. The average molecular weight is 196 g/mol. The third-order valence-electron chi connectivity index (χ3n) is 1.84. The zero-order chi connectivity index (χ0) is 10.7. The second-order valence-corrected chi connectivity index (χ2v) is 2.76. The highest BCUT2D eigenvalue weighted by atomic mass is 19.1. The van der Waals surface area contributed by atoms with Gasteiger partial charge in [0.05, 0.1) is 11.8 Å². The minimum Gasteiger partial charge on any atom is -0.396 e. The number of nitrogen functional groups attached to an aromatic ring is 1. The van der Waals surface area contributed by atoms with Crippen molar-refractivity contribution in [3.05, 3.63) is 29.6 Å². The van der Waals surface area contributed by atoms with Gasteiger partial charge < -0.3 is 15.9 Å². The SMILES string of the molecule is N#CC(O)C(O)c1cccc(F)c1N. The van der Waals surface area contributed by atoms with Gasteiger partial charge in [0.2, 0.25) is 0 Å². The molecule has 0 saturated heterocycles. The number of halogens is 1. The average Bonchev–Trinajstić information content (AvgIpc) is 2.20. The van der Waals surface area contributed by atoms with Gasteiger partial charge in [0.25, 0.3) is 0 Å². The fraction of sp³-hybridized carbons (Fsp3) is 0.222. The predicted octanol–water partition coefficient (Wildman–Crippen LogP) is 0.326. The molecule has 1 aromatic rings. The Morgan fingerprint density at radius 2 is 2.07 bits per heavy atom. The third kappa shape index (κ3) is 1.82. The third-order valence-corrected chi connectivity index (χ3v) is 1.84. The number of aliphatic hydroxyl groups is 2. The zero-order valence-corrected chi connectivity index (χ0v) is 7.18. The number of nitrogens with zero attached hydrogens (tertiary/aromatic N) is 1. The molecule has 0 amide bonds. The smallest absolute Gasteiger partial charge is 0.170 e. The Hall–Kier alpha value is -1.64. The van der Waals surface area contributed by atoms with E-state index in [1.807, 2.05) is 0 Å². The van der Waals surface area contributed by atoms with Crippen LogP contribution in [0.1, 0.15) is 11.7 Å². The van der Waals surface area contributed by atoms with Gasteiger partial charge in [-0.05, 0) is 6.07 Å². The molecule has 0 aliphatic heterocycles. The Kier molecular flexibility index (Phi) is 3.02. The molecule has 0 bridgehead atoms. The Balaban J connectivity index is 3.08. The minimum atomic E-state index is -1.61. The van der Waals surface area contributed by atoms with Crippen LogP contribution in [0.2, 0.25) is 0 Å². The lowest BCUT2D eigenvalue weighted by Crippen LogP contribution is -2.17. The number of anilines is 1. The second-order valence-electron chi connectivity index (χ2n) is 2.76. The second kappa shape index (κ2) is 4.05. The fourth-order valence-electron chi connectivity index (χ4n) is 1.05. The van der Waals surface area contributed by atoms with E-state index < -0.39 is 18.0 Å². The van der Waals surface area contributed by atoms with E-state index >= 15 is 0 Å². The molecule has 0 radical (unpaired) electrons. The van der Waals surface area contributed by atoms with E-state index in [9.17, 15) is 9.50 Å². The van der Waals surface area contributed by atoms with E-state index in [2.05, 4.69) is 0 Å². The number of hydrogen-bond acceptors (Lipinski definition) is 4. The van der Waals surface area contributed by atoms with Crippen molar-refractivity contribution in [2.45, 2.75) is 12.2 Å². The van der Waals surface area contributed by atoms with Gasteiger partial charge in [-0.15, -0.1) is 0 Å². The van der Waals surface area contributed by atoms with Gasteiger partial charge in [-0.2, -0.15) is 5.26 Å². The van der Waals surface area contributed by atoms with Crippen molar-refractivity contribution in [2.24, 2.45) is 0 Å². The number of hydrogen-bond donors (Lipinski definition) is 3. The first kappa shape index (κ1) is 10.4. The molecule has 74 valence electrons. The van der Waals surface area contributed by atoms with Gasteiger partial charge >= 0.3 is 0 Å². The highest BCUT2D eigenvalue weighted by Crippen LogP contribution is 2.24. The molecular formula is C9H9FN2O2. The van der Waals surface area contributed by atoms with Gasteiger partial charge in [-0.3, -0.25) is 0 Å². The molecule has 0 heterocycles. The summed E-state index contributed by atoms with van der Waals surface area (Å²) < 4.78 is 12.9. The highest BCUT2D eigenvalue weighted by Gasteiger charge is 2.20. The summed E-state index contributed by atoms with van der Waals surface area (Å²) in [6, 6.07) is 5.26. The summed E-state index contributed by atoms with van der Waals surface area (Å²) in [5, 5.41) is 26.7. The molecule has 5 heteroatoms. The van der Waals surface area contributed by atoms with Crippen LogP contribution in [0, 0.1) is 17.1 Å². The van der Waals surface area contributed by atoms with Crippen LogP contribution in [0.5, 0.6) is 0 Å². The maximum absolute atomic E-state index is 12.9. The first-order valence-electron chi connectivity index (χ1n) is 3.87. The van der Waals surface area contributed by atoms with E-state index in [0.717, 1.165) is 6.07 Å². The van der Waals surface area contributed by atoms with E-state index in [4.69, 9.17) is 16.1 Å². The van der Waals surface area contributed by atoms with E-state index in [1.54, 1.807) is 0 Å². The molecule has 0 aliphatic carbocycles. The van der Waals surface area contributed by atoms with Crippen molar-refractivity contribution >= 4 is 5.69 Å². The predicted molar refractivity (Wildman–Crippen MR) is 47.4 cm³/mol. The van der Waals surface area contributed by atoms with Crippen molar-refractivity contribution in [3.63, 3.8) is 0 Å². The first-order valence-corrected chi connectivity index (χ1v) is 3.87. The van der Waals surface area contributed by atoms with Gasteiger partial charge in [0, 0.05) is 5.56 Å². The van der Waals surface area contributed by atoms with Crippen LogP contribution in [0.25, 0.3) is 0 Å². The standard InChI is InChI=1S/C9H9FN2O2/c10-6-3-1-2-5(8(6)12)9(14)7(13)4-11/h1-3,7,9,13-14H,12H2. The van der Waals surface area contributed by atoms with Gasteiger partial charge in [0.1, 0.15) is 11.9 Å². The van der Waals surface area contributed by atoms with Crippen molar-refractivity contribution in [1.29, 1.82) is 5.26 Å². The Morgan fingerprint density at radius 3 is 2.64 bits per heavy atom. The summed E-state index contributed by atoms with van der Waals surface area (Å²) in [7, 11) is 0. The van der Waals surface area contributed by atoms with Crippen molar-refractivity contribution in [1.82, 2.24) is 0 Å². The molecule has 14 heavy (non-hydrogen) atoms. The highest BCUT2D eigenvalue weighted by molar-refractivity contribution is 5.49. The Morgan fingerprint density at radius 1 is 1.43 bits per heavy atom. The van der Waals surface area contributed by atoms with E-state index in [0.29, 0.717) is 0 Å². The molecule has 0 saturated carbocycles. The molecule has 4 N–H and O–H groups in total. The first-order chi connectivity index (χ1) is 6.57. The summed E-state index contributed by atoms with van der Waals surface area (Å²) in [4.78, 5) is 0. The molecular weight excluding hydrogens is 187 g/mol. The van der Waals surface area contributed by atoms with Crippen LogP contribution < -0.4 is 5.73 Å². The lowest BCUT2D eigenvalue weighted by atomic mass is 10.0. The summed E-state index contributed by atoms with van der Waals surface area (Å²) in [5.74, 6) is -0.688. The normalized spacial score (nSPS) is 14.4. The van der Waals surface area contributed by atoms with Crippen molar-refractivity contribution < 1.29 is 14.6 Å². The van der Waals surface area contributed by atoms with Crippen LogP contribution in [0.4, 0.5) is 10.1 Å². The molecule has 0 aliphatic rings. The summed E-state index contributed by atoms with van der Waals surface area (Å²) in [5.41, 5.74) is 5.08. The van der Waals surface area contributed by atoms with Gasteiger partial charge in [-0.1, -0.05) is 12.1 Å². The lowest BCUT2D eigenvalue weighted by Gasteiger charge is -2.14. The molecule has 2 atom stereocenters. The molecule has 0 spiro atoms. The van der Waals surface area contributed by atoms with Gasteiger partial charge in [-0.25, -0.2) is 4.39 Å². The van der Waals surface area contributed by atoms with Crippen LogP contribution in [0.3, 0.4) is 0 Å². The largest absolute Gasteiger partial charge is 0.396 e. The van der Waals surface area contributed by atoms with Crippen LogP contribution in [0.15, 0.2) is 18.2 Å². The van der Waals surface area contributed by atoms with Crippen molar-refractivity contribution in [2.75, 3.05) is 5.73 Å². The van der Waals surface area contributed by atoms with Gasteiger partial charge in [0.15, 0.2) is 6.10 Å². The lowest BCUT2D eigenvalue weighted by molar-refractivity contribution is 0.0531. The Bertz CT molecular complexity index is 376. The summed E-state index contributed by atoms with van der Waals surface area (Å²) in [6.45, 7) is 0. The molecule has 2 unspecified atom stereocenters. The number of aliphatic hydroxyl groups excluding tert-OH is 2.